The van der Waals surface area contributed by atoms with Crippen molar-refractivity contribution in [3.63, 3.8) is 0 Å². The van der Waals surface area contributed by atoms with E-state index in [0.717, 1.165) is 16.8 Å². The fraction of sp³-hybridized carbons (Fsp3) is 0.263. The van der Waals surface area contributed by atoms with Gasteiger partial charge in [-0.1, -0.05) is 24.3 Å². The van der Waals surface area contributed by atoms with Gasteiger partial charge < -0.3 is 14.1 Å². The van der Waals surface area contributed by atoms with Gasteiger partial charge in [-0.15, -0.1) is 0 Å². The molecule has 124 valence electrons. The minimum Gasteiger partial charge on any atom is -0.440 e. The summed E-state index contributed by atoms with van der Waals surface area (Å²) in [6.07, 6.45) is 0.112. The molecule has 0 aliphatic heterocycles. The van der Waals surface area contributed by atoms with Crippen LogP contribution in [0.2, 0.25) is 0 Å². The quantitative estimate of drug-likeness (QED) is 0.713. The number of amides is 1. The maximum atomic E-state index is 12.6. The first-order chi connectivity index (χ1) is 11.5. The van der Waals surface area contributed by atoms with Crippen molar-refractivity contribution >= 4 is 22.7 Å². The molecule has 0 aliphatic rings. The predicted octanol–water partition coefficient (Wildman–Crippen LogP) is 3.96. The van der Waals surface area contributed by atoms with Gasteiger partial charge in [-0.2, -0.15) is 4.98 Å². The van der Waals surface area contributed by atoms with Gasteiger partial charge in [0.05, 0.1) is 0 Å². The van der Waals surface area contributed by atoms with Gasteiger partial charge in [0.1, 0.15) is 5.52 Å². The monoisotopic (exact) mass is 324 g/mol. The van der Waals surface area contributed by atoms with Crippen molar-refractivity contribution in [2.75, 3.05) is 11.5 Å². The van der Waals surface area contributed by atoms with Crippen molar-refractivity contribution in [1.82, 2.24) is 4.98 Å². The molecule has 0 fully saturated rings. The highest BCUT2D eigenvalue weighted by atomic mass is 16.6. The summed E-state index contributed by atoms with van der Waals surface area (Å²) in [5.74, 6) is -0.144. The highest BCUT2D eigenvalue weighted by molar-refractivity contribution is 5.94. The van der Waals surface area contributed by atoms with Crippen LogP contribution in [0.4, 0.5) is 5.69 Å². The molecule has 0 N–H and O–H groups in total. The molecule has 1 aromatic heterocycles. The van der Waals surface area contributed by atoms with Crippen LogP contribution < -0.4 is 9.64 Å². The van der Waals surface area contributed by atoms with Gasteiger partial charge in [0.2, 0.25) is 0 Å². The van der Waals surface area contributed by atoms with E-state index < -0.39 is 0 Å². The van der Waals surface area contributed by atoms with Gasteiger partial charge >= 0.3 is 6.08 Å². The number of para-hydroxylation sites is 1. The number of oxazole rings is 1. The predicted molar refractivity (Wildman–Crippen MR) is 93.3 cm³/mol. The average Bonchev–Trinajstić information content (AvgIpc) is 2.95. The summed E-state index contributed by atoms with van der Waals surface area (Å²) in [5.41, 5.74) is 3.30. The summed E-state index contributed by atoms with van der Waals surface area (Å²) in [4.78, 5) is 18.5. The minimum atomic E-state index is -0.144. The van der Waals surface area contributed by atoms with Crippen LogP contribution in [0, 0.1) is 6.92 Å². The van der Waals surface area contributed by atoms with E-state index >= 15 is 0 Å². The van der Waals surface area contributed by atoms with Crippen LogP contribution in [0.5, 0.6) is 6.08 Å². The number of aryl methyl sites for hydroxylation is 1. The van der Waals surface area contributed by atoms with Gasteiger partial charge in [0, 0.05) is 11.7 Å². The Labute approximate surface area is 140 Å². The number of carbonyl (C=O) groups is 1. The maximum Gasteiger partial charge on any atom is 0.395 e. The van der Waals surface area contributed by atoms with Gasteiger partial charge in [0.15, 0.2) is 12.2 Å². The average molecular weight is 324 g/mol. The molecule has 0 saturated carbocycles. The van der Waals surface area contributed by atoms with E-state index in [1.807, 2.05) is 69.3 Å². The van der Waals surface area contributed by atoms with Crippen LogP contribution in [0.15, 0.2) is 52.9 Å². The molecule has 0 unspecified atom stereocenters. The van der Waals surface area contributed by atoms with E-state index in [4.69, 9.17) is 9.15 Å². The van der Waals surface area contributed by atoms with Crippen molar-refractivity contribution in [3.8, 4) is 6.08 Å². The second kappa shape index (κ2) is 6.74. The lowest BCUT2D eigenvalue weighted by Gasteiger charge is -2.26. The fourth-order valence-electron chi connectivity index (χ4n) is 2.59. The molecule has 0 aliphatic carbocycles. The van der Waals surface area contributed by atoms with Crippen molar-refractivity contribution in [1.29, 1.82) is 0 Å². The van der Waals surface area contributed by atoms with Gasteiger partial charge in [-0.05, 0) is 50.6 Å². The molecule has 0 bridgehead atoms. The Morgan fingerprint density at radius 2 is 1.96 bits per heavy atom. The molecule has 0 radical (unpaired) electrons. The molecule has 3 rings (SSSR count). The topological polar surface area (TPSA) is 55.6 Å². The van der Waals surface area contributed by atoms with Crippen molar-refractivity contribution < 1.29 is 13.9 Å². The molecule has 1 amide bonds. The summed E-state index contributed by atoms with van der Waals surface area (Å²) in [5, 5.41) is 0. The third-order valence-electron chi connectivity index (χ3n) is 3.66. The number of rotatable bonds is 5. The first-order valence-corrected chi connectivity index (χ1v) is 7.91. The third-order valence-corrected chi connectivity index (χ3v) is 3.66. The number of carbonyl (C=O) groups excluding carboxylic acids is 1. The Kier molecular flexibility index (Phi) is 4.51. The Morgan fingerprint density at radius 1 is 1.21 bits per heavy atom. The van der Waals surface area contributed by atoms with Crippen molar-refractivity contribution in [2.24, 2.45) is 0 Å². The maximum absolute atomic E-state index is 12.6. The minimum absolute atomic E-state index is 0.0229. The number of fused-ring (bicyclic) bond motifs is 1. The van der Waals surface area contributed by atoms with Gasteiger partial charge in [0.25, 0.3) is 5.91 Å². The molecule has 0 saturated heterocycles. The molecule has 5 heteroatoms. The lowest BCUT2D eigenvalue weighted by Crippen LogP contribution is -2.40. The van der Waals surface area contributed by atoms with Crippen LogP contribution in [0.3, 0.4) is 0 Å². The number of hydrogen-bond acceptors (Lipinski definition) is 4. The van der Waals surface area contributed by atoms with Crippen LogP contribution in [-0.4, -0.2) is 23.5 Å². The van der Waals surface area contributed by atoms with E-state index in [9.17, 15) is 4.79 Å². The highest BCUT2D eigenvalue weighted by Crippen LogP contribution is 2.22. The highest BCUT2D eigenvalue weighted by Gasteiger charge is 2.20. The van der Waals surface area contributed by atoms with Gasteiger partial charge in [-0.3, -0.25) is 4.79 Å². The number of hydrogen-bond donors (Lipinski definition) is 0. The standard InChI is InChI=1S/C19H20N2O3/c1-13(2)21(15-7-5-4-6-8-15)18(22)12-23-19-20-16-11-14(3)9-10-17(16)24-19/h4-11,13H,12H2,1-3H3. The molecule has 0 atom stereocenters. The van der Waals surface area contributed by atoms with Crippen LogP contribution >= 0.6 is 0 Å². The molecule has 5 nitrogen and oxygen atoms in total. The molecule has 2 aromatic carbocycles. The van der Waals surface area contributed by atoms with E-state index in [-0.39, 0.29) is 24.6 Å². The van der Waals surface area contributed by atoms with Crippen molar-refractivity contribution in [2.45, 2.75) is 26.8 Å². The summed E-state index contributed by atoms with van der Waals surface area (Å²) in [7, 11) is 0. The molecular weight excluding hydrogens is 304 g/mol. The van der Waals surface area contributed by atoms with E-state index in [2.05, 4.69) is 4.98 Å². The fourth-order valence-corrected chi connectivity index (χ4v) is 2.59. The van der Waals surface area contributed by atoms with E-state index in [0.29, 0.717) is 5.58 Å². The number of ether oxygens (including phenoxy) is 1. The largest absolute Gasteiger partial charge is 0.440 e. The number of aromatic nitrogens is 1. The Balaban J connectivity index is 1.73. The van der Waals surface area contributed by atoms with Crippen LogP contribution in [0.1, 0.15) is 19.4 Å². The lowest BCUT2D eigenvalue weighted by molar-refractivity contribution is -0.121. The van der Waals surface area contributed by atoms with Crippen LogP contribution in [-0.2, 0) is 4.79 Å². The smallest absolute Gasteiger partial charge is 0.395 e. The summed E-state index contributed by atoms with van der Waals surface area (Å²) in [6, 6.07) is 15.3. The Bertz CT molecular complexity index is 840. The third kappa shape index (κ3) is 3.40. The zero-order valence-corrected chi connectivity index (χ0v) is 14.0. The first-order valence-electron chi connectivity index (χ1n) is 7.91. The van der Waals surface area contributed by atoms with Crippen molar-refractivity contribution in [3.05, 3.63) is 54.1 Å². The molecule has 24 heavy (non-hydrogen) atoms. The van der Waals surface area contributed by atoms with E-state index in [1.165, 1.54) is 0 Å². The Morgan fingerprint density at radius 3 is 2.67 bits per heavy atom. The van der Waals surface area contributed by atoms with Crippen LogP contribution in [0.25, 0.3) is 11.1 Å². The molecule has 0 spiro atoms. The number of nitrogens with zero attached hydrogens (tertiary/aromatic N) is 2. The molecule has 1 heterocycles. The SMILES string of the molecule is Cc1ccc2oc(OCC(=O)N(c3ccccc3)C(C)C)nc2c1. The Hall–Kier alpha value is -2.82. The summed E-state index contributed by atoms with van der Waals surface area (Å²) >= 11 is 0. The zero-order chi connectivity index (χ0) is 17.1. The summed E-state index contributed by atoms with van der Waals surface area (Å²) in [6.45, 7) is 5.79. The molecular formula is C19H20N2O3. The second-order valence-corrected chi connectivity index (χ2v) is 5.93. The normalized spacial score (nSPS) is 11.0. The zero-order valence-electron chi connectivity index (χ0n) is 14.0. The van der Waals surface area contributed by atoms with E-state index in [1.54, 1.807) is 4.90 Å². The number of anilines is 1. The van der Waals surface area contributed by atoms with Gasteiger partial charge in [-0.25, -0.2) is 0 Å². The second-order valence-electron chi connectivity index (χ2n) is 5.93. The first kappa shape index (κ1) is 16.1. The molecule has 3 aromatic rings. The lowest BCUT2D eigenvalue weighted by atomic mass is 10.2. The number of benzene rings is 2. The summed E-state index contributed by atoms with van der Waals surface area (Å²) < 4.78 is 11.0.